The second kappa shape index (κ2) is 8.21. The SMILES string of the molecule is CCN(CC)CCCn1nnn(-c2ccccc2N(C)C)c1=S. The minimum Gasteiger partial charge on any atom is -0.376 e. The summed E-state index contributed by atoms with van der Waals surface area (Å²) < 4.78 is 4.19. The van der Waals surface area contributed by atoms with Gasteiger partial charge in [0.2, 0.25) is 4.77 Å². The Kier molecular flexibility index (Phi) is 6.29. The number of rotatable bonds is 8. The maximum Gasteiger partial charge on any atom is 0.220 e. The zero-order chi connectivity index (χ0) is 16.8. The van der Waals surface area contributed by atoms with Crippen molar-refractivity contribution < 1.29 is 0 Å². The first-order valence-electron chi connectivity index (χ1n) is 8.10. The quantitative estimate of drug-likeness (QED) is 0.694. The molecule has 0 saturated carbocycles. The van der Waals surface area contributed by atoms with Crippen molar-refractivity contribution in [2.45, 2.75) is 26.8 Å². The van der Waals surface area contributed by atoms with E-state index in [1.165, 1.54) is 0 Å². The molecule has 0 saturated heterocycles. The van der Waals surface area contributed by atoms with E-state index in [-0.39, 0.29) is 0 Å². The van der Waals surface area contributed by atoms with Crippen LogP contribution in [0.3, 0.4) is 0 Å². The van der Waals surface area contributed by atoms with Crippen LogP contribution in [0.15, 0.2) is 24.3 Å². The molecule has 0 unspecified atom stereocenters. The molecular formula is C16H26N6S. The number of anilines is 1. The first-order valence-corrected chi connectivity index (χ1v) is 8.51. The summed E-state index contributed by atoms with van der Waals surface area (Å²) in [6, 6.07) is 8.07. The Morgan fingerprint density at radius 1 is 1.09 bits per heavy atom. The molecule has 0 radical (unpaired) electrons. The summed E-state index contributed by atoms with van der Waals surface area (Å²) in [5, 5.41) is 8.48. The van der Waals surface area contributed by atoms with Crippen LogP contribution in [0, 0.1) is 4.77 Å². The minimum absolute atomic E-state index is 0.638. The van der Waals surface area contributed by atoms with E-state index >= 15 is 0 Å². The summed E-state index contributed by atoms with van der Waals surface area (Å²) >= 11 is 5.56. The van der Waals surface area contributed by atoms with Gasteiger partial charge in [0.25, 0.3) is 0 Å². The van der Waals surface area contributed by atoms with Crippen LogP contribution >= 0.6 is 12.2 Å². The number of nitrogens with zero attached hydrogens (tertiary/aromatic N) is 6. The number of aryl methyl sites for hydroxylation is 1. The molecule has 1 aromatic carbocycles. The lowest BCUT2D eigenvalue weighted by Gasteiger charge is -2.17. The molecule has 2 aromatic rings. The summed E-state index contributed by atoms with van der Waals surface area (Å²) in [5.41, 5.74) is 2.02. The first kappa shape index (κ1) is 17.6. The van der Waals surface area contributed by atoms with Gasteiger partial charge in [-0.2, -0.15) is 4.68 Å². The number of benzene rings is 1. The molecule has 0 aliphatic heterocycles. The van der Waals surface area contributed by atoms with Gasteiger partial charge in [0.1, 0.15) is 0 Å². The van der Waals surface area contributed by atoms with Crippen LogP contribution in [0.25, 0.3) is 5.69 Å². The third-order valence-electron chi connectivity index (χ3n) is 3.97. The van der Waals surface area contributed by atoms with E-state index in [1.54, 1.807) is 4.68 Å². The minimum atomic E-state index is 0.638. The number of aromatic nitrogens is 4. The largest absolute Gasteiger partial charge is 0.376 e. The van der Waals surface area contributed by atoms with Gasteiger partial charge in [-0.1, -0.05) is 26.0 Å². The molecule has 0 bridgehead atoms. The van der Waals surface area contributed by atoms with Gasteiger partial charge in [0.05, 0.1) is 11.4 Å². The molecule has 1 aromatic heterocycles. The van der Waals surface area contributed by atoms with Crippen molar-refractivity contribution in [1.82, 2.24) is 24.7 Å². The average molecular weight is 334 g/mol. The number of tetrazole rings is 1. The van der Waals surface area contributed by atoms with Crippen LogP contribution in [-0.4, -0.2) is 58.4 Å². The van der Waals surface area contributed by atoms with E-state index in [9.17, 15) is 0 Å². The van der Waals surface area contributed by atoms with Crippen LogP contribution in [0.2, 0.25) is 0 Å². The standard InChI is InChI=1S/C16H26N6S/c1-5-20(6-2)12-9-13-21-16(23)22(18-17-21)15-11-8-7-10-14(15)19(3)4/h7-8,10-11H,5-6,9,12-13H2,1-4H3. The summed E-state index contributed by atoms with van der Waals surface area (Å²) in [6.07, 6.45) is 1.02. The van der Waals surface area contributed by atoms with Gasteiger partial charge < -0.3 is 9.80 Å². The van der Waals surface area contributed by atoms with Crippen molar-refractivity contribution in [3.63, 3.8) is 0 Å². The van der Waals surface area contributed by atoms with Crippen LogP contribution in [-0.2, 0) is 6.54 Å². The van der Waals surface area contributed by atoms with Crippen LogP contribution in [0.5, 0.6) is 0 Å². The van der Waals surface area contributed by atoms with E-state index < -0.39 is 0 Å². The molecule has 0 aliphatic carbocycles. The van der Waals surface area contributed by atoms with Gasteiger partial charge in [-0.25, -0.2) is 4.68 Å². The fourth-order valence-electron chi connectivity index (χ4n) is 2.57. The highest BCUT2D eigenvalue weighted by Crippen LogP contribution is 2.21. The van der Waals surface area contributed by atoms with E-state index in [2.05, 4.69) is 40.1 Å². The van der Waals surface area contributed by atoms with Crippen molar-refractivity contribution in [3.05, 3.63) is 29.0 Å². The van der Waals surface area contributed by atoms with Crippen molar-refractivity contribution in [3.8, 4) is 5.69 Å². The fourth-order valence-corrected chi connectivity index (χ4v) is 2.83. The molecule has 0 aliphatic rings. The molecule has 0 amide bonds. The molecule has 2 rings (SSSR count). The highest BCUT2D eigenvalue weighted by Gasteiger charge is 2.11. The number of hydrogen-bond donors (Lipinski definition) is 0. The van der Waals surface area contributed by atoms with E-state index in [4.69, 9.17) is 12.2 Å². The zero-order valence-electron chi connectivity index (χ0n) is 14.4. The molecule has 23 heavy (non-hydrogen) atoms. The Hall–Kier alpha value is -1.73. The maximum atomic E-state index is 5.56. The van der Waals surface area contributed by atoms with E-state index in [1.807, 2.05) is 37.0 Å². The van der Waals surface area contributed by atoms with Gasteiger partial charge in [-0.15, -0.1) is 0 Å². The van der Waals surface area contributed by atoms with E-state index in [0.29, 0.717) is 4.77 Å². The molecule has 0 N–H and O–H groups in total. The number of para-hydroxylation sites is 2. The lowest BCUT2D eigenvalue weighted by molar-refractivity contribution is 0.290. The fraction of sp³-hybridized carbons (Fsp3) is 0.562. The Labute approximate surface area is 143 Å². The molecule has 1 heterocycles. The third-order valence-corrected chi connectivity index (χ3v) is 4.35. The second-order valence-electron chi connectivity index (χ2n) is 5.66. The van der Waals surface area contributed by atoms with Crippen LogP contribution in [0.4, 0.5) is 5.69 Å². The molecule has 6 nitrogen and oxygen atoms in total. The normalized spacial score (nSPS) is 11.2. The Morgan fingerprint density at radius 2 is 1.78 bits per heavy atom. The lowest BCUT2D eigenvalue weighted by atomic mass is 10.2. The second-order valence-corrected chi connectivity index (χ2v) is 6.03. The van der Waals surface area contributed by atoms with Gasteiger partial charge in [0.15, 0.2) is 0 Å². The van der Waals surface area contributed by atoms with Crippen LogP contribution in [0.1, 0.15) is 20.3 Å². The van der Waals surface area contributed by atoms with Crippen molar-refractivity contribution in [2.24, 2.45) is 0 Å². The predicted molar refractivity (Wildman–Crippen MR) is 96.9 cm³/mol. The Bertz CT molecular complexity index is 671. The third kappa shape index (κ3) is 4.17. The maximum absolute atomic E-state index is 5.56. The topological polar surface area (TPSA) is 42.1 Å². The van der Waals surface area contributed by atoms with Crippen molar-refractivity contribution in [1.29, 1.82) is 0 Å². The lowest BCUT2D eigenvalue weighted by Crippen LogP contribution is -2.25. The monoisotopic (exact) mass is 334 g/mol. The predicted octanol–water partition coefficient (Wildman–Crippen LogP) is 2.60. The summed E-state index contributed by atoms with van der Waals surface area (Å²) in [6.45, 7) is 8.36. The highest BCUT2D eigenvalue weighted by molar-refractivity contribution is 7.71. The summed E-state index contributed by atoms with van der Waals surface area (Å²) in [7, 11) is 4.02. The van der Waals surface area contributed by atoms with Crippen molar-refractivity contribution >= 4 is 17.9 Å². The summed E-state index contributed by atoms with van der Waals surface area (Å²) in [5.74, 6) is 0. The van der Waals surface area contributed by atoms with Gasteiger partial charge in [0, 0.05) is 20.6 Å². The Morgan fingerprint density at radius 3 is 2.43 bits per heavy atom. The highest BCUT2D eigenvalue weighted by atomic mass is 32.1. The molecule has 0 fully saturated rings. The van der Waals surface area contributed by atoms with Crippen LogP contribution < -0.4 is 4.90 Å². The van der Waals surface area contributed by atoms with Gasteiger partial charge in [-0.3, -0.25) is 0 Å². The smallest absolute Gasteiger partial charge is 0.220 e. The zero-order valence-corrected chi connectivity index (χ0v) is 15.3. The molecule has 0 atom stereocenters. The Balaban J connectivity index is 2.16. The molecule has 0 spiro atoms. The van der Waals surface area contributed by atoms with Gasteiger partial charge >= 0.3 is 0 Å². The molecule has 126 valence electrons. The van der Waals surface area contributed by atoms with Gasteiger partial charge in [-0.05, 0) is 60.8 Å². The molecular weight excluding hydrogens is 308 g/mol. The number of hydrogen-bond acceptors (Lipinski definition) is 5. The van der Waals surface area contributed by atoms with Crippen molar-refractivity contribution in [2.75, 3.05) is 38.6 Å². The average Bonchev–Trinajstić information content (AvgIpc) is 2.92. The summed E-state index contributed by atoms with van der Waals surface area (Å²) in [4.78, 5) is 4.45. The molecule has 7 heteroatoms. The first-order chi connectivity index (χ1) is 11.1. The van der Waals surface area contributed by atoms with E-state index in [0.717, 1.165) is 44.0 Å².